The second-order valence-electron chi connectivity index (χ2n) is 4.44. The third-order valence-electron chi connectivity index (χ3n) is 2.86. The first-order chi connectivity index (χ1) is 10.4. The number of carbonyl (C=O) groups excluding carboxylic acids is 4. The maximum atomic E-state index is 13.0. The molecule has 0 aromatic heterocycles. The second kappa shape index (κ2) is 6.17. The Morgan fingerprint density at radius 1 is 1.23 bits per heavy atom. The minimum Gasteiger partial charge on any atom is -0.324 e. The van der Waals surface area contributed by atoms with Gasteiger partial charge in [0.05, 0.1) is 0 Å². The molecule has 1 aromatic rings. The molecule has 1 aromatic carbocycles. The molecule has 114 valence electrons. The summed E-state index contributed by atoms with van der Waals surface area (Å²) in [6.45, 7) is 2.63. The van der Waals surface area contributed by atoms with Crippen molar-refractivity contribution in [2.45, 2.75) is 0 Å². The van der Waals surface area contributed by atoms with E-state index in [1.54, 1.807) is 0 Å². The molecule has 8 heteroatoms. The number of imide groups is 2. The average molecular weight is 305 g/mol. The summed E-state index contributed by atoms with van der Waals surface area (Å²) in [5.74, 6) is -3.36. The number of anilines is 1. The van der Waals surface area contributed by atoms with Crippen molar-refractivity contribution < 1.29 is 23.6 Å². The van der Waals surface area contributed by atoms with Gasteiger partial charge in [-0.2, -0.15) is 0 Å². The normalized spacial score (nSPS) is 14.5. The number of hydrogen-bond donors (Lipinski definition) is 1. The smallest absolute Gasteiger partial charge is 0.324 e. The minimum atomic E-state index is -1.08. The van der Waals surface area contributed by atoms with Gasteiger partial charge >= 0.3 is 17.8 Å². The molecule has 0 aliphatic carbocycles. The average Bonchev–Trinajstić information content (AvgIpc) is 2.65. The number of halogens is 1. The molecule has 5 amide bonds. The number of nitrogens with zero attached hydrogens (tertiary/aromatic N) is 2. The van der Waals surface area contributed by atoms with Crippen LogP contribution in [0.4, 0.5) is 14.9 Å². The zero-order valence-electron chi connectivity index (χ0n) is 11.4. The van der Waals surface area contributed by atoms with E-state index in [9.17, 15) is 23.6 Å². The van der Waals surface area contributed by atoms with Crippen LogP contribution < -0.4 is 5.32 Å². The fraction of sp³-hybridized carbons (Fsp3) is 0.143. The molecule has 1 heterocycles. The lowest BCUT2D eigenvalue weighted by atomic mass is 10.3. The van der Waals surface area contributed by atoms with E-state index in [1.807, 2.05) is 0 Å². The third kappa shape index (κ3) is 3.00. The fourth-order valence-electron chi connectivity index (χ4n) is 1.89. The summed E-state index contributed by atoms with van der Waals surface area (Å²) >= 11 is 0. The summed E-state index contributed by atoms with van der Waals surface area (Å²) < 4.78 is 13.0. The molecular weight excluding hydrogens is 293 g/mol. The molecule has 7 nitrogen and oxygen atoms in total. The van der Waals surface area contributed by atoms with E-state index < -0.39 is 36.1 Å². The van der Waals surface area contributed by atoms with Gasteiger partial charge in [0.2, 0.25) is 5.91 Å². The second-order valence-corrected chi connectivity index (χ2v) is 4.44. The zero-order chi connectivity index (χ0) is 16.3. The van der Waals surface area contributed by atoms with E-state index in [4.69, 9.17) is 0 Å². The number of rotatable bonds is 5. The monoisotopic (exact) mass is 305 g/mol. The van der Waals surface area contributed by atoms with Crippen LogP contribution in [-0.4, -0.2) is 46.6 Å². The highest BCUT2D eigenvalue weighted by Gasteiger charge is 2.44. The Morgan fingerprint density at radius 2 is 1.91 bits per heavy atom. The molecule has 0 saturated carbocycles. The van der Waals surface area contributed by atoms with E-state index in [1.165, 1.54) is 24.3 Å². The van der Waals surface area contributed by atoms with Crippen molar-refractivity contribution in [2.24, 2.45) is 0 Å². The Bertz CT molecular complexity index is 674. The molecule has 0 spiro atoms. The fourth-order valence-corrected chi connectivity index (χ4v) is 1.89. The van der Waals surface area contributed by atoms with Crippen molar-refractivity contribution in [1.82, 2.24) is 9.80 Å². The van der Waals surface area contributed by atoms with E-state index in [0.717, 1.165) is 6.07 Å². The van der Waals surface area contributed by atoms with Crippen LogP contribution in [0.2, 0.25) is 0 Å². The summed E-state index contributed by atoms with van der Waals surface area (Å²) in [4.78, 5) is 48.2. The zero-order valence-corrected chi connectivity index (χ0v) is 11.4. The van der Waals surface area contributed by atoms with Crippen molar-refractivity contribution in [3.05, 3.63) is 42.7 Å². The Balaban J connectivity index is 2.05. The van der Waals surface area contributed by atoms with Crippen LogP contribution in [0.3, 0.4) is 0 Å². The number of benzene rings is 1. The van der Waals surface area contributed by atoms with Gasteiger partial charge in [-0.05, 0) is 18.2 Å². The van der Waals surface area contributed by atoms with E-state index in [2.05, 4.69) is 11.9 Å². The summed E-state index contributed by atoms with van der Waals surface area (Å²) in [5, 5.41) is 2.34. The third-order valence-corrected chi connectivity index (χ3v) is 2.86. The summed E-state index contributed by atoms with van der Waals surface area (Å²) in [6, 6.07) is 4.25. The van der Waals surface area contributed by atoms with Gasteiger partial charge in [-0.25, -0.2) is 14.1 Å². The lowest BCUT2D eigenvalue weighted by Gasteiger charge is -2.14. The van der Waals surface area contributed by atoms with Crippen molar-refractivity contribution in [2.75, 3.05) is 18.4 Å². The number of hydrogen-bond acceptors (Lipinski definition) is 4. The summed E-state index contributed by atoms with van der Waals surface area (Å²) in [7, 11) is 0. The highest BCUT2D eigenvalue weighted by atomic mass is 19.1. The van der Waals surface area contributed by atoms with Gasteiger partial charge in [-0.3, -0.25) is 19.3 Å². The first-order valence-corrected chi connectivity index (χ1v) is 6.27. The SMILES string of the molecule is C=CCN1C(=O)C(=O)N(CC(=O)Nc2cccc(F)c2)C1=O. The van der Waals surface area contributed by atoms with Gasteiger partial charge in [-0.1, -0.05) is 12.1 Å². The van der Waals surface area contributed by atoms with E-state index in [-0.39, 0.29) is 12.2 Å². The molecule has 0 radical (unpaired) electrons. The van der Waals surface area contributed by atoms with Gasteiger partial charge in [0.15, 0.2) is 0 Å². The largest absolute Gasteiger partial charge is 0.335 e. The molecule has 1 fully saturated rings. The van der Waals surface area contributed by atoms with Gasteiger partial charge in [0, 0.05) is 12.2 Å². The predicted octanol–water partition coefficient (Wildman–Crippen LogP) is 0.741. The number of amides is 5. The minimum absolute atomic E-state index is 0.120. The van der Waals surface area contributed by atoms with E-state index >= 15 is 0 Å². The maximum Gasteiger partial charge on any atom is 0.335 e. The molecule has 1 aliphatic heterocycles. The molecule has 22 heavy (non-hydrogen) atoms. The number of nitrogens with one attached hydrogen (secondary N) is 1. The van der Waals surface area contributed by atoms with Crippen LogP contribution in [0.15, 0.2) is 36.9 Å². The molecular formula is C14H12FN3O4. The lowest BCUT2D eigenvalue weighted by Crippen LogP contribution is -2.39. The van der Waals surface area contributed by atoms with Crippen molar-refractivity contribution in [1.29, 1.82) is 0 Å². The Hall–Kier alpha value is -3.03. The molecule has 1 saturated heterocycles. The molecule has 1 aliphatic rings. The molecule has 0 unspecified atom stereocenters. The van der Waals surface area contributed by atoms with Crippen LogP contribution in [0.1, 0.15) is 0 Å². The molecule has 0 bridgehead atoms. The summed E-state index contributed by atoms with van der Waals surface area (Å²) in [6.07, 6.45) is 1.29. The summed E-state index contributed by atoms with van der Waals surface area (Å²) in [5.41, 5.74) is 0.179. The topological polar surface area (TPSA) is 86.8 Å². The first-order valence-electron chi connectivity index (χ1n) is 6.27. The molecule has 2 rings (SSSR count). The van der Waals surface area contributed by atoms with Crippen molar-refractivity contribution >= 4 is 29.4 Å². The Morgan fingerprint density at radius 3 is 2.55 bits per heavy atom. The number of carbonyl (C=O) groups is 4. The van der Waals surface area contributed by atoms with Crippen LogP contribution in [0.5, 0.6) is 0 Å². The first kappa shape index (κ1) is 15.4. The highest BCUT2D eigenvalue weighted by Crippen LogP contribution is 2.13. The Kier molecular flexibility index (Phi) is 4.31. The van der Waals surface area contributed by atoms with Gasteiger partial charge < -0.3 is 5.32 Å². The van der Waals surface area contributed by atoms with E-state index in [0.29, 0.717) is 9.80 Å². The predicted molar refractivity (Wildman–Crippen MR) is 74.0 cm³/mol. The standard InChI is InChI=1S/C14H12FN3O4/c1-2-6-17-12(20)13(21)18(14(17)22)8-11(19)16-10-5-3-4-9(15)7-10/h2-5,7H,1,6,8H2,(H,16,19). The van der Waals surface area contributed by atoms with Crippen LogP contribution in [0, 0.1) is 5.82 Å². The van der Waals surface area contributed by atoms with Crippen molar-refractivity contribution in [3.63, 3.8) is 0 Å². The van der Waals surface area contributed by atoms with Gasteiger partial charge in [0.1, 0.15) is 12.4 Å². The van der Waals surface area contributed by atoms with Gasteiger partial charge in [-0.15, -0.1) is 6.58 Å². The highest BCUT2D eigenvalue weighted by molar-refractivity contribution is 6.45. The maximum absolute atomic E-state index is 13.0. The lowest BCUT2D eigenvalue weighted by molar-refractivity contribution is -0.143. The quantitative estimate of drug-likeness (QED) is 0.494. The number of urea groups is 1. The van der Waals surface area contributed by atoms with Crippen LogP contribution in [-0.2, 0) is 14.4 Å². The Labute approximate surface area is 125 Å². The molecule has 0 atom stereocenters. The van der Waals surface area contributed by atoms with Crippen LogP contribution >= 0.6 is 0 Å². The van der Waals surface area contributed by atoms with Crippen molar-refractivity contribution in [3.8, 4) is 0 Å². The van der Waals surface area contributed by atoms with Crippen LogP contribution in [0.25, 0.3) is 0 Å². The van der Waals surface area contributed by atoms with Gasteiger partial charge in [0.25, 0.3) is 0 Å². The molecule has 1 N–H and O–H groups in total.